The standard InChI is InChI=1S/C15H28O2/c1-17-11-13-4-8-15(9-5-13)14-6-2-12(10-16)3-7-14/h12-16H,2-11H2,1H3/t12-,13-,14-,15-. The van der Waals surface area contributed by atoms with Gasteiger partial charge >= 0.3 is 0 Å². The molecule has 0 saturated heterocycles. The molecule has 0 bridgehead atoms. The Morgan fingerprint density at radius 2 is 1.29 bits per heavy atom. The highest BCUT2D eigenvalue weighted by atomic mass is 16.5. The van der Waals surface area contributed by atoms with Gasteiger partial charge < -0.3 is 9.84 Å². The van der Waals surface area contributed by atoms with Gasteiger partial charge in [0.15, 0.2) is 0 Å². The molecule has 0 atom stereocenters. The lowest BCUT2D eigenvalue weighted by molar-refractivity contribution is 0.0858. The molecule has 2 saturated carbocycles. The van der Waals surface area contributed by atoms with Crippen LogP contribution in [-0.2, 0) is 4.74 Å². The first-order chi connectivity index (χ1) is 8.33. The number of aliphatic hydroxyl groups excluding tert-OH is 1. The predicted molar refractivity (Wildman–Crippen MR) is 69.9 cm³/mol. The Morgan fingerprint density at radius 3 is 1.71 bits per heavy atom. The van der Waals surface area contributed by atoms with Crippen LogP contribution in [0.15, 0.2) is 0 Å². The second-order valence-electron chi connectivity index (χ2n) is 6.20. The van der Waals surface area contributed by atoms with Gasteiger partial charge in [-0.15, -0.1) is 0 Å². The van der Waals surface area contributed by atoms with Crippen molar-refractivity contribution >= 4 is 0 Å². The summed E-state index contributed by atoms with van der Waals surface area (Å²) in [5.74, 6) is 3.37. The fourth-order valence-electron chi connectivity index (χ4n) is 3.90. The minimum absolute atomic E-state index is 0.410. The van der Waals surface area contributed by atoms with Crippen LogP contribution in [0.3, 0.4) is 0 Å². The van der Waals surface area contributed by atoms with E-state index in [0.717, 1.165) is 24.4 Å². The zero-order valence-corrected chi connectivity index (χ0v) is 11.2. The van der Waals surface area contributed by atoms with Crippen molar-refractivity contribution in [1.29, 1.82) is 0 Å². The number of methoxy groups -OCH3 is 1. The highest BCUT2D eigenvalue weighted by Gasteiger charge is 2.30. The van der Waals surface area contributed by atoms with Gasteiger partial charge in [-0.1, -0.05) is 0 Å². The largest absolute Gasteiger partial charge is 0.396 e. The van der Waals surface area contributed by atoms with Gasteiger partial charge in [-0.25, -0.2) is 0 Å². The Hall–Kier alpha value is -0.0800. The van der Waals surface area contributed by atoms with Crippen LogP contribution < -0.4 is 0 Å². The molecule has 0 amide bonds. The molecule has 100 valence electrons. The molecule has 2 fully saturated rings. The second-order valence-corrected chi connectivity index (χ2v) is 6.20. The molecule has 2 rings (SSSR count). The van der Waals surface area contributed by atoms with E-state index in [1.807, 2.05) is 7.11 Å². The number of aliphatic hydroxyl groups is 1. The Kier molecular flexibility index (Phi) is 5.30. The maximum absolute atomic E-state index is 9.17. The van der Waals surface area contributed by atoms with E-state index in [-0.39, 0.29) is 0 Å². The number of rotatable bonds is 4. The van der Waals surface area contributed by atoms with Crippen molar-refractivity contribution in [2.24, 2.45) is 23.7 Å². The maximum atomic E-state index is 9.17. The zero-order valence-electron chi connectivity index (χ0n) is 11.2. The summed E-state index contributed by atoms with van der Waals surface area (Å²) in [6.45, 7) is 1.37. The van der Waals surface area contributed by atoms with Gasteiger partial charge in [-0.2, -0.15) is 0 Å². The van der Waals surface area contributed by atoms with Gasteiger partial charge in [0.05, 0.1) is 0 Å². The zero-order chi connectivity index (χ0) is 12.1. The Balaban J connectivity index is 1.70. The third kappa shape index (κ3) is 3.69. The van der Waals surface area contributed by atoms with Crippen LogP contribution in [0.2, 0.25) is 0 Å². The van der Waals surface area contributed by atoms with Gasteiger partial charge in [0.25, 0.3) is 0 Å². The van der Waals surface area contributed by atoms with Crippen molar-refractivity contribution in [1.82, 2.24) is 0 Å². The molecule has 0 radical (unpaired) electrons. The first-order valence-electron chi connectivity index (χ1n) is 7.43. The van der Waals surface area contributed by atoms with E-state index in [0.29, 0.717) is 12.5 Å². The van der Waals surface area contributed by atoms with Crippen molar-refractivity contribution in [3.63, 3.8) is 0 Å². The van der Waals surface area contributed by atoms with Crippen molar-refractivity contribution < 1.29 is 9.84 Å². The number of hydrogen-bond acceptors (Lipinski definition) is 2. The van der Waals surface area contributed by atoms with Crippen LogP contribution in [0.4, 0.5) is 0 Å². The van der Waals surface area contributed by atoms with E-state index < -0.39 is 0 Å². The van der Waals surface area contributed by atoms with E-state index in [2.05, 4.69) is 0 Å². The molecule has 2 heteroatoms. The molecule has 2 nitrogen and oxygen atoms in total. The first-order valence-corrected chi connectivity index (χ1v) is 7.43. The minimum atomic E-state index is 0.410. The average Bonchev–Trinajstić information content (AvgIpc) is 2.40. The fourth-order valence-corrected chi connectivity index (χ4v) is 3.90. The lowest BCUT2D eigenvalue weighted by Gasteiger charge is -2.37. The minimum Gasteiger partial charge on any atom is -0.396 e. The molecular formula is C15H28O2. The Labute approximate surface area is 106 Å². The summed E-state index contributed by atoms with van der Waals surface area (Å²) in [5.41, 5.74) is 0. The molecule has 0 aliphatic heterocycles. The summed E-state index contributed by atoms with van der Waals surface area (Å²) in [4.78, 5) is 0. The second kappa shape index (κ2) is 6.75. The smallest absolute Gasteiger partial charge is 0.0490 e. The third-order valence-corrected chi connectivity index (χ3v) is 5.11. The number of hydrogen-bond donors (Lipinski definition) is 1. The summed E-state index contributed by atoms with van der Waals surface area (Å²) >= 11 is 0. The molecule has 0 aromatic rings. The molecule has 0 aromatic carbocycles. The third-order valence-electron chi connectivity index (χ3n) is 5.11. The highest BCUT2D eigenvalue weighted by molar-refractivity contribution is 4.81. The number of ether oxygens (including phenoxy) is 1. The summed E-state index contributed by atoms with van der Waals surface area (Å²) < 4.78 is 5.26. The van der Waals surface area contributed by atoms with Gasteiger partial charge in [0.1, 0.15) is 0 Å². The normalized spacial score (nSPS) is 39.2. The van der Waals surface area contributed by atoms with E-state index >= 15 is 0 Å². The lowest BCUT2D eigenvalue weighted by Crippen LogP contribution is -2.27. The highest BCUT2D eigenvalue weighted by Crippen LogP contribution is 2.41. The van der Waals surface area contributed by atoms with E-state index in [1.54, 1.807) is 0 Å². The van der Waals surface area contributed by atoms with Crippen LogP contribution in [0, 0.1) is 23.7 Å². The summed E-state index contributed by atoms with van der Waals surface area (Å²) in [6.07, 6.45) is 10.8. The summed E-state index contributed by atoms with van der Waals surface area (Å²) in [5, 5.41) is 9.17. The van der Waals surface area contributed by atoms with Crippen molar-refractivity contribution in [3.05, 3.63) is 0 Å². The van der Waals surface area contributed by atoms with Crippen LogP contribution in [0.1, 0.15) is 51.4 Å². The Bertz CT molecular complexity index is 201. The van der Waals surface area contributed by atoms with Crippen LogP contribution in [-0.4, -0.2) is 25.4 Å². The van der Waals surface area contributed by atoms with Crippen molar-refractivity contribution in [3.8, 4) is 0 Å². The van der Waals surface area contributed by atoms with Gasteiger partial charge in [-0.3, -0.25) is 0 Å². The molecule has 2 aliphatic carbocycles. The first kappa shape index (κ1) is 13.4. The average molecular weight is 240 g/mol. The fraction of sp³-hybridized carbons (Fsp3) is 1.00. The Morgan fingerprint density at radius 1 is 0.824 bits per heavy atom. The lowest BCUT2D eigenvalue weighted by atomic mass is 9.69. The van der Waals surface area contributed by atoms with E-state index in [9.17, 15) is 0 Å². The molecular weight excluding hydrogens is 212 g/mol. The molecule has 17 heavy (non-hydrogen) atoms. The van der Waals surface area contributed by atoms with Gasteiger partial charge in [-0.05, 0) is 75.0 Å². The van der Waals surface area contributed by atoms with Crippen molar-refractivity contribution in [2.45, 2.75) is 51.4 Å². The van der Waals surface area contributed by atoms with Gasteiger partial charge in [0, 0.05) is 20.3 Å². The summed E-state index contributed by atoms with van der Waals surface area (Å²) in [7, 11) is 1.82. The van der Waals surface area contributed by atoms with E-state index in [1.165, 1.54) is 51.4 Å². The molecule has 1 N–H and O–H groups in total. The van der Waals surface area contributed by atoms with Crippen molar-refractivity contribution in [2.75, 3.05) is 20.3 Å². The van der Waals surface area contributed by atoms with Crippen LogP contribution in [0.25, 0.3) is 0 Å². The molecule has 0 aromatic heterocycles. The summed E-state index contributed by atoms with van der Waals surface area (Å²) in [6, 6.07) is 0. The van der Waals surface area contributed by atoms with E-state index in [4.69, 9.17) is 9.84 Å². The maximum Gasteiger partial charge on any atom is 0.0490 e. The SMILES string of the molecule is COC[C@H]1CC[C@H]([C@H]2CC[C@H](CO)CC2)CC1. The van der Waals surface area contributed by atoms with Crippen LogP contribution in [0.5, 0.6) is 0 Å². The van der Waals surface area contributed by atoms with Crippen LogP contribution >= 0.6 is 0 Å². The predicted octanol–water partition coefficient (Wildman–Crippen LogP) is 3.24. The molecule has 0 unspecified atom stereocenters. The molecule has 2 aliphatic rings. The monoisotopic (exact) mass is 240 g/mol. The quantitative estimate of drug-likeness (QED) is 0.817. The topological polar surface area (TPSA) is 29.5 Å². The molecule has 0 heterocycles. The molecule has 0 spiro atoms. The van der Waals surface area contributed by atoms with Gasteiger partial charge in [0.2, 0.25) is 0 Å².